The number of aromatic carboxylic acids is 1. The zero-order valence-corrected chi connectivity index (χ0v) is 13.9. The van der Waals surface area contributed by atoms with Crippen molar-refractivity contribution >= 4 is 50.6 Å². The Hall–Kier alpha value is -0.490. The van der Waals surface area contributed by atoms with Gasteiger partial charge in [0.2, 0.25) is 3.79 Å². The number of alkyl halides is 3. The Balaban J connectivity index is 3.89. The molecule has 0 saturated heterocycles. The quantitative estimate of drug-likeness (QED) is 0.834. The summed E-state index contributed by atoms with van der Waals surface area (Å²) in [6.45, 7) is 3.10. The predicted octanol–water partition coefficient (Wildman–Crippen LogP) is 3.57. The van der Waals surface area contributed by atoms with Gasteiger partial charge in [-0.05, 0) is 18.1 Å². The second kappa shape index (κ2) is 6.10. The van der Waals surface area contributed by atoms with E-state index < -0.39 is 19.6 Å². The SMILES string of the molecule is CCc1c(C(=O)O)ccc(C(Cl)(Cl)Cl)c1S(=O)(=O)CC. The van der Waals surface area contributed by atoms with Gasteiger partial charge >= 0.3 is 5.97 Å². The summed E-state index contributed by atoms with van der Waals surface area (Å²) in [5.41, 5.74) is 0.0342. The maximum Gasteiger partial charge on any atom is 0.336 e. The lowest BCUT2D eigenvalue weighted by Gasteiger charge is -2.20. The number of rotatable bonds is 4. The van der Waals surface area contributed by atoms with Crippen molar-refractivity contribution in [2.24, 2.45) is 0 Å². The van der Waals surface area contributed by atoms with E-state index in [9.17, 15) is 13.2 Å². The summed E-state index contributed by atoms with van der Waals surface area (Å²) in [6.07, 6.45) is 0.199. The highest BCUT2D eigenvalue weighted by Gasteiger charge is 2.34. The maximum atomic E-state index is 12.3. The molecule has 0 unspecified atom stereocenters. The van der Waals surface area contributed by atoms with Gasteiger partial charge in [0, 0.05) is 5.56 Å². The average molecular weight is 360 g/mol. The van der Waals surface area contributed by atoms with Gasteiger partial charge in [0.05, 0.1) is 16.2 Å². The van der Waals surface area contributed by atoms with Crippen LogP contribution in [0.5, 0.6) is 0 Å². The first-order valence-corrected chi connectivity index (χ1v) is 8.54. The lowest BCUT2D eigenvalue weighted by molar-refractivity contribution is 0.0695. The first-order chi connectivity index (χ1) is 9.06. The van der Waals surface area contributed by atoms with Gasteiger partial charge in [-0.15, -0.1) is 0 Å². The van der Waals surface area contributed by atoms with E-state index in [-0.39, 0.29) is 33.8 Å². The molecule has 0 fully saturated rings. The summed E-state index contributed by atoms with van der Waals surface area (Å²) < 4.78 is 22.6. The summed E-state index contributed by atoms with van der Waals surface area (Å²) in [6, 6.07) is 2.49. The van der Waals surface area contributed by atoms with Crippen molar-refractivity contribution in [1.82, 2.24) is 0 Å². The molecule has 0 atom stereocenters. The van der Waals surface area contributed by atoms with Crippen LogP contribution in [0.15, 0.2) is 17.0 Å². The van der Waals surface area contributed by atoms with Gasteiger partial charge in [-0.25, -0.2) is 13.2 Å². The zero-order valence-electron chi connectivity index (χ0n) is 10.8. The van der Waals surface area contributed by atoms with Crippen LogP contribution in [-0.4, -0.2) is 25.2 Å². The number of carbonyl (C=O) groups is 1. The molecule has 0 spiro atoms. The number of benzene rings is 1. The van der Waals surface area contributed by atoms with Crippen LogP contribution in [-0.2, 0) is 20.1 Å². The Morgan fingerprint density at radius 1 is 1.25 bits per heavy atom. The van der Waals surface area contributed by atoms with Gasteiger partial charge < -0.3 is 5.11 Å². The molecule has 0 amide bonds. The third-order valence-electron chi connectivity index (χ3n) is 2.84. The first kappa shape index (κ1) is 17.6. The molecule has 112 valence electrons. The lowest BCUT2D eigenvalue weighted by Crippen LogP contribution is -2.18. The monoisotopic (exact) mass is 358 g/mol. The van der Waals surface area contributed by atoms with Crippen molar-refractivity contribution < 1.29 is 18.3 Å². The summed E-state index contributed by atoms with van der Waals surface area (Å²) in [4.78, 5) is 11.0. The van der Waals surface area contributed by atoms with Crippen LogP contribution in [0, 0.1) is 0 Å². The van der Waals surface area contributed by atoms with Crippen LogP contribution in [0.2, 0.25) is 0 Å². The molecule has 20 heavy (non-hydrogen) atoms. The smallest absolute Gasteiger partial charge is 0.336 e. The summed E-state index contributed by atoms with van der Waals surface area (Å²) >= 11 is 17.4. The average Bonchev–Trinajstić information content (AvgIpc) is 2.35. The van der Waals surface area contributed by atoms with Crippen molar-refractivity contribution in [3.05, 3.63) is 28.8 Å². The number of hydrogen-bond donors (Lipinski definition) is 1. The molecule has 1 aromatic carbocycles. The van der Waals surface area contributed by atoms with Gasteiger partial charge in [-0.2, -0.15) is 0 Å². The number of sulfone groups is 1. The minimum absolute atomic E-state index is 0.0220. The molecular weight excluding hydrogens is 347 g/mol. The van der Waals surface area contributed by atoms with Crippen LogP contribution >= 0.6 is 34.8 Å². The fourth-order valence-electron chi connectivity index (χ4n) is 1.90. The Morgan fingerprint density at radius 2 is 1.80 bits per heavy atom. The van der Waals surface area contributed by atoms with Gasteiger partial charge in [-0.3, -0.25) is 0 Å². The molecule has 0 bridgehead atoms. The Morgan fingerprint density at radius 3 is 2.15 bits per heavy atom. The summed E-state index contributed by atoms with van der Waals surface area (Å²) in [5.74, 6) is -1.43. The van der Waals surface area contributed by atoms with E-state index >= 15 is 0 Å². The van der Waals surface area contributed by atoms with Gasteiger partial charge in [0.15, 0.2) is 9.84 Å². The van der Waals surface area contributed by atoms with E-state index in [1.807, 2.05) is 0 Å². The van der Waals surface area contributed by atoms with Gasteiger partial charge in [-0.1, -0.05) is 54.7 Å². The molecule has 0 aromatic heterocycles. The molecule has 0 radical (unpaired) electrons. The molecule has 1 aromatic rings. The molecule has 0 aliphatic heterocycles. The minimum atomic E-state index is -3.73. The van der Waals surface area contributed by atoms with E-state index in [0.717, 1.165) is 0 Å². The molecule has 8 heteroatoms. The first-order valence-electron chi connectivity index (χ1n) is 5.75. The zero-order chi connectivity index (χ0) is 15.7. The van der Waals surface area contributed by atoms with Gasteiger partial charge in [0.1, 0.15) is 0 Å². The number of hydrogen-bond acceptors (Lipinski definition) is 3. The highest BCUT2D eigenvalue weighted by atomic mass is 35.6. The van der Waals surface area contributed by atoms with E-state index in [0.29, 0.717) is 0 Å². The normalized spacial score (nSPS) is 12.4. The van der Waals surface area contributed by atoms with E-state index in [4.69, 9.17) is 39.9 Å². The molecule has 0 heterocycles. The number of carboxylic acid groups (broad SMARTS) is 1. The molecule has 4 nitrogen and oxygen atoms in total. The van der Waals surface area contributed by atoms with E-state index in [1.165, 1.54) is 19.1 Å². The Kier molecular flexibility index (Phi) is 5.35. The highest BCUT2D eigenvalue weighted by molar-refractivity contribution is 7.91. The van der Waals surface area contributed by atoms with Crippen molar-refractivity contribution in [2.75, 3.05) is 5.75 Å². The summed E-state index contributed by atoms with van der Waals surface area (Å²) in [7, 11) is -3.73. The van der Waals surface area contributed by atoms with E-state index in [2.05, 4.69) is 0 Å². The predicted molar refractivity (Wildman–Crippen MR) is 79.7 cm³/mol. The standard InChI is InChI=1S/C12H13Cl3O4S/c1-3-7-8(11(16)17)5-6-9(12(13,14)15)10(7)20(18,19)4-2/h5-6H,3-4H2,1-2H3,(H,16,17). The number of halogens is 3. The van der Waals surface area contributed by atoms with E-state index in [1.54, 1.807) is 6.92 Å². The fourth-order valence-corrected chi connectivity index (χ4v) is 4.02. The largest absolute Gasteiger partial charge is 0.478 e. The van der Waals surface area contributed by atoms with Gasteiger partial charge in [0.25, 0.3) is 0 Å². The number of carboxylic acids is 1. The Labute approximate surface area is 132 Å². The third-order valence-corrected chi connectivity index (χ3v) is 5.30. The van der Waals surface area contributed by atoms with Crippen molar-refractivity contribution in [2.45, 2.75) is 29.0 Å². The summed E-state index contributed by atoms with van der Waals surface area (Å²) in [5, 5.41) is 9.16. The van der Waals surface area contributed by atoms with Crippen molar-refractivity contribution in [1.29, 1.82) is 0 Å². The molecule has 0 aliphatic carbocycles. The van der Waals surface area contributed by atoms with Crippen LogP contribution in [0.3, 0.4) is 0 Å². The van der Waals surface area contributed by atoms with Crippen molar-refractivity contribution in [3.63, 3.8) is 0 Å². The molecular formula is C12H13Cl3O4S. The topological polar surface area (TPSA) is 71.4 Å². The molecule has 1 rings (SSSR count). The molecule has 0 aliphatic rings. The Bertz CT molecular complexity index is 633. The second-order valence-corrected chi connectivity index (χ2v) is 8.52. The van der Waals surface area contributed by atoms with Crippen LogP contribution < -0.4 is 0 Å². The minimum Gasteiger partial charge on any atom is -0.478 e. The van der Waals surface area contributed by atoms with Crippen LogP contribution in [0.4, 0.5) is 0 Å². The third kappa shape index (κ3) is 3.39. The van der Waals surface area contributed by atoms with Crippen molar-refractivity contribution in [3.8, 4) is 0 Å². The van der Waals surface area contributed by atoms with Crippen LogP contribution in [0.25, 0.3) is 0 Å². The second-order valence-electron chi connectivity index (χ2n) is 4.03. The maximum absolute atomic E-state index is 12.3. The lowest BCUT2D eigenvalue weighted by atomic mass is 10.0. The molecule has 0 saturated carbocycles. The van der Waals surface area contributed by atoms with Crippen LogP contribution in [0.1, 0.15) is 35.3 Å². The molecule has 1 N–H and O–H groups in total. The fraction of sp³-hybridized carbons (Fsp3) is 0.417. The highest BCUT2D eigenvalue weighted by Crippen LogP contribution is 2.43.